The first-order valence-corrected chi connectivity index (χ1v) is 8.44. The SMILES string of the molecule is Cc1cccc(C2CC(C)CCC2CNC2CC2)c1C. The smallest absolute Gasteiger partial charge is 0.00683 e. The van der Waals surface area contributed by atoms with E-state index in [0.717, 1.165) is 23.8 Å². The van der Waals surface area contributed by atoms with Gasteiger partial charge in [0.15, 0.2) is 0 Å². The van der Waals surface area contributed by atoms with Crippen LogP contribution in [-0.4, -0.2) is 12.6 Å². The van der Waals surface area contributed by atoms with Crippen LogP contribution in [0.5, 0.6) is 0 Å². The maximum atomic E-state index is 3.77. The molecule has 110 valence electrons. The molecule has 0 aliphatic heterocycles. The van der Waals surface area contributed by atoms with Crippen molar-refractivity contribution in [2.24, 2.45) is 11.8 Å². The quantitative estimate of drug-likeness (QED) is 0.845. The van der Waals surface area contributed by atoms with Crippen LogP contribution in [0.4, 0.5) is 0 Å². The maximum Gasteiger partial charge on any atom is 0.00683 e. The molecule has 0 spiro atoms. The summed E-state index contributed by atoms with van der Waals surface area (Å²) in [6.45, 7) is 8.23. The van der Waals surface area contributed by atoms with Gasteiger partial charge in [0.2, 0.25) is 0 Å². The van der Waals surface area contributed by atoms with Gasteiger partial charge in [-0.05, 0) is 80.5 Å². The van der Waals surface area contributed by atoms with E-state index in [-0.39, 0.29) is 0 Å². The van der Waals surface area contributed by atoms with E-state index in [1.165, 1.54) is 49.8 Å². The molecule has 3 atom stereocenters. The Labute approximate surface area is 124 Å². The summed E-state index contributed by atoms with van der Waals surface area (Å²) in [5.41, 5.74) is 4.61. The summed E-state index contributed by atoms with van der Waals surface area (Å²) in [6, 6.07) is 7.73. The summed E-state index contributed by atoms with van der Waals surface area (Å²) in [4.78, 5) is 0. The Hall–Kier alpha value is -0.820. The average Bonchev–Trinajstić information content (AvgIpc) is 3.25. The molecule has 1 nitrogen and oxygen atoms in total. The Balaban J connectivity index is 1.79. The van der Waals surface area contributed by atoms with E-state index < -0.39 is 0 Å². The van der Waals surface area contributed by atoms with Gasteiger partial charge in [-0.15, -0.1) is 0 Å². The van der Waals surface area contributed by atoms with Crippen molar-refractivity contribution < 1.29 is 0 Å². The minimum Gasteiger partial charge on any atom is -0.314 e. The number of rotatable bonds is 4. The van der Waals surface area contributed by atoms with Gasteiger partial charge in [-0.2, -0.15) is 0 Å². The van der Waals surface area contributed by atoms with E-state index in [1.54, 1.807) is 5.56 Å². The number of nitrogens with one attached hydrogen (secondary N) is 1. The second kappa shape index (κ2) is 5.89. The molecule has 1 aromatic rings. The highest BCUT2D eigenvalue weighted by molar-refractivity contribution is 5.36. The molecule has 0 amide bonds. The number of benzene rings is 1. The molecular formula is C19H29N. The molecule has 1 aromatic carbocycles. The average molecular weight is 271 g/mol. The first kappa shape index (κ1) is 14.1. The lowest BCUT2D eigenvalue weighted by atomic mass is 9.70. The van der Waals surface area contributed by atoms with E-state index >= 15 is 0 Å². The molecule has 3 unspecified atom stereocenters. The van der Waals surface area contributed by atoms with Gasteiger partial charge in [0, 0.05) is 6.04 Å². The molecule has 20 heavy (non-hydrogen) atoms. The van der Waals surface area contributed by atoms with Crippen LogP contribution >= 0.6 is 0 Å². The van der Waals surface area contributed by atoms with Gasteiger partial charge < -0.3 is 5.32 Å². The number of hydrogen-bond acceptors (Lipinski definition) is 1. The Morgan fingerprint density at radius 3 is 2.65 bits per heavy atom. The van der Waals surface area contributed by atoms with Crippen molar-refractivity contribution in [2.45, 2.75) is 64.8 Å². The lowest BCUT2D eigenvalue weighted by Crippen LogP contribution is -2.32. The van der Waals surface area contributed by atoms with Crippen LogP contribution in [0.3, 0.4) is 0 Å². The predicted octanol–water partition coefficient (Wildman–Crippen LogP) is 4.58. The van der Waals surface area contributed by atoms with Gasteiger partial charge in [-0.1, -0.05) is 31.5 Å². The molecule has 2 saturated carbocycles. The van der Waals surface area contributed by atoms with Gasteiger partial charge >= 0.3 is 0 Å². The largest absolute Gasteiger partial charge is 0.314 e. The zero-order chi connectivity index (χ0) is 14.1. The highest BCUT2D eigenvalue weighted by atomic mass is 14.9. The molecule has 0 heterocycles. The standard InChI is InChI=1S/C19H29N/c1-13-7-8-16(12-20-17-9-10-17)19(11-13)18-6-4-5-14(2)15(18)3/h4-6,13,16-17,19-20H,7-12H2,1-3H3. The fourth-order valence-electron chi connectivity index (χ4n) is 3.85. The molecule has 2 aliphatic carbocycles. The van der Waals surface area contributed by atoms with Gasteiger partial charge in [0.1, 0.15) is 0 Å². The van der Waals surface area contributed by atoms with Crippen LogP contribution in [0.25, 0.3) is 0 Å². The predicted molar refractivity (Wildman–Crippen MR) is 86.2 cm³/mol. The molecule has 0 bridgehead atoms. The van der Waals surface area contributed by atoms with Gasteiger partial charge in [0.25, 0.3) is 0 Å². The summed E-state index contributed by atoms with van der Waals surface area (Å²) >= 11 is 0. The number of hydrogen-bond donors (Lipinski definition) is 1. The second-order valence-corrected chi connectivity index (χ2v) is 7.26. The van der Waals surface area contributed by atoms with Crippen molar-refractivity contribution in [1.29, 1.82) is 0 Å². The van der Waals surface area contributed by atoms with Crippen LogP contribution in [0, 0.1) is 25.7 Å². The Bertz CT molecular complexity index is 461. The van der Waals surface area contributed by atoms with Crippen LogP contribution < -0.4 is 5.32 Å². The zero-order valence-corrected chi connectivity index (χ0v) is 13.3. The minimum atomic E-state index is 0.768. The van der Waals surface area contributed by atoms with Crippen molar-refractivity contribution in [3.63, 3.8) is 0 Å². The third-order valence-electron chi connectivity index (χ3n) is 5.55. The first-order chi connectivity index (χ1) is 9.65. The summed E-state index contributed by atoms with van der Waals surface area (Å²) < 4.78 is 0. The monoisotopic (exact) mass is 271 g/mol. The molecular weight excluding hydrogens is 242 g/mol. The number of aryl methyl sites for hydroxylation is 1. The molecule has 0 radical (unpaired) electrons. The van der Waals surface area contributed by atoms with Crippen molar-refractivity contribution >= 4 is 0 Å². The van der Waals surface area contributed by atoms with Crippen LogP contribution in [0.2, 0.25) is 0 Å². The zero-order valence-electron chi connectivity index (χ0n) is 13.3. The van der Waals surface area contributed by atoms with Crippen molar-refractivity contribution in [3.8, 4) is 0 Å². The topological polar surface area (TPSA) is 12.0 Å². The van der Waals surface area contributed by atoms with E-state index in [4.69, 9.17) is 0 Å². The van der Waals surface area contributed by atoms with E-state index in [1.807, 2.05) is 0 Å². The third kappa shape index (κ3) is 3.09. The van der Waals surface area contributed by atoms with E-state index in [0.29, 0.717) is 0 Å². The van der Waals surface area contributed by atoms with E-state index in [2.05, 4.69) is 44.3 Å². The Kier molecular flexibility index (Phi) is 4.16. The maximum absolute atomic E-state index is 3.77. The van der Waals surface area contributed by atoms with Crippen LogP contribution in [0.1, 0.15) is 61.6 Å². The van der Waals surface area contributed by atoms with Gasteiger partial charge in [0.05, 0.1) is 0 Å². The fourth-order valence-corrected chi connectivity index (χ4v) is 3.85. The van der Waals surface area contributed by atoms with Crippen LogP contribution in [0.15, 0.2) is 18.2 Å². The first-order valence-electron chi connectivity index (χ1n) is 8.44. The third-order valence-corrected chi connectivity index (χ3v) is 5.55. The van der Waals surface area contributed by atoms with Crippen molar-refractivity contribution in [1.82, 2.24) is 5.32 Å². The minimum absolute atomic E-state index is 0.768. The van der Waals surface area contributed by atoms with E-state index in [9.17, 15) is 0 Å². The van der Waals surface area contributed by atoms with Crippen LogP contribution in [-0.2, 0) is 0 Å². The van der Waals surface area contributed by atoms with Crippen molar-refractivity contribution in [2.75, 3.05) is 6.54 Å². The van der Waals surface area contributed by atoms with Gasteiger partial charge in [-0.25, -0.2) is 0 Å². The highest BCUT2D eigenvalue weighted by Gasteiger charge is 2.32. The highest BCUT2D eigenvalue weighted by Crippen LogP contribution is 2.42. The summed E-state index contributed by atoms with van der Waals surface area (Å²) in [7, 11) is 0. The molecule has 2 fully saturated rings. The van der Waals surface area contributed by atoms with Crippen molar-refractivity contribution in [3.05, 3.63) is 34.9 Å². The molecule has 3 rings (SSSR count). The molecule has 0 saturated heterocycles. The summed E-state index contributed by atoms with van der Waals surface area (Å²) in [6.07, 6.45) is 6.99. The lowest BCUT2D eigenvalue weighted by Gasteiger charge is -2.36. The fraction of sp³-hybridized carbons (Fsp3) is 0.684. The molecule has 0 aromatic heterocycles. The molecule has 1 heteroatoms. The molecule has 2 aliphatic rings. The Morgan fingerprint density at radius 2 is 1.90 bits per heavy atom. The Morgan fingerprint density at radius 1 is 1.10 bits per heavy atom. The normalized spacial score (nSPS) is 30.4. The molecule has 1 N–H and O–H groups in total. The van der Waals surface area contributed by atoms with Gasteiger partial charge in [-0.3, -0.25) is 0 Å². The summed E-state index contributed by atoms with van der Waals surface area (Å²) in [5.74, 6) is 2.49. The second-order valence-electron chi connectivity index (χ2n) is 7.26. The lowest BCUT2D eigenvalue weighted by molar-refractivity contribution is 0.240. The summed E-state index contributed by atoms with van der Waals surface area (Å²) in [5, 5.41) is 3.77.